The van der Waals surface area contributed by atoms with Crippen LogP contribution in [0.4, 0.5) is 10.1 Å². The third-order valence-corrected chi connectivity index (χ3v) is 6.59. The lowest BCUT2D eigenvalue weighted by Crippen LogP contribution is -2.47. The molecule has 3 amide bonds. The zero-order valence-corrected chi connectivity index (χ0v) is 16.9. The van der Waals surface area contributed by atoms with Crippen molar-refractivity contribution in [3.63, 3.8) is 0 Å². The SMILES string of the molecule is O=C1CC(N(Cc2cccs2)C(=O)C2CCCCC2)C(=O)N1c1ccc(F)cc1. The number of halogens is 1. The topological polar surface area (TPSA) is 57.7 Å². The molecule has 1 aromatic carbocycles. The smallest absolute Gasteiger partial charge is 0.257 e. The van der Waals surface area contributed by atoms with Crippen LogP contribution in [-0.2, 0) is 20.9 Å². The van der Waals surface area contributed by atoms with E-state index in [4.69, 9.17) is 0 Å². The lowest BCUT2D eigenvalue weighted by Gasteiger charge is -2.32. The lowest BCUT2D eigenvalue weighted by molar-refractivity contribution is -0.143. The number of hydrogen-bond donors (Lipinski definition) is 0. The van der Waals surface area contributed by atoms with Crippen LogP contribution in [0.1, 0.15) is 43.4 Å². The predicted molar refractivity (Wildman–Crippen MR) is 109 cm³/mol. The van der Waals surface area contributed by atoms with Crippen molar-refractivity contribution in [1.82, 2.24) is 4.90 Å². The van der Waals surface area contributed by atoms with E-state index in [1.807, 2.05) is 17.5 Å². The highest BCUT2D eigenvalue weighted by Gasteiger charge is 2.45. The molecule has 2 aliphatic rings. The molecule has 5 nitrogen and oxygen atoms in total. The molecule has 2 fully saturated rings. The Balaban J connectivity index is 1.61. The van der Waals surface area contributed by atoms with E-state index >= 15 is 0 Å². The standard InChI is InChI=1S/C22H23FN2O3S/c23-16-8-10-17(11-9-16)25-20(26)13-19(22(25)28)24(14-18-7-4-12-29-18)21(27)15-5-2-1-3-6-15/h4,7-12,15,19H,1-3,5-6,13-14H2. The summed E-state index contributed by atoms with van der Waals surface area (Å²) >= 11 is 1.53. The van der Waals surface area contributed by atoms with Crippen molar-refractivity contribution in [2.24, 2.45) is 5.92 Å². The molecule has 0 N–H and O–H groups in total. The third-order valence-electron chi connectivity index (χ3n) is 5.73. The number of benzene rings is 1. The van der Waals surface area contributed by atoms with Gasteiger partial charge in [0.25, 0.3) is 5.91 Å². The van der Waals surface area contributed by atoms with Gasteiger partial charge in [0.2, 0.25) is 11.8 Å². The zero-order chi connectivity index (χ0) is 20.4. The van der Waals surface area contributed by atoms with Gasteiger partial charge >= 0.3 is 0 Å². The fourth-order valence-electron chi connectivity index (χ4n) is 4.22. The number of carbonyl (C=O) groups excluding carboxylic acids is 3. The first-order valence-electron chi connectivity index (χ1n) is 10.00. The van der Waals surface area contributed by atoms with Crippen LogP contribution >= 0.6 is 11.3 Å². The van der Waals surface area contributed by atoms with E-state index in [1.54, 1.807) is 4.90 Å². The molecule has 4 rings (SSSR count). The molecule has 152 valence electrons. The number of amides is 3. The Morgan fingerprint density at radius 2 is 1.83 bits per heavy atom. The highest BCUT2D eigenvalue weighted by molar-refractivity contribution is 7.09. The van der Waals surface area contributed by atoms with Crippen LogP contribution in [0, 0.1) is 11.7 Å². The van der Waals surface area contributed by atoms with Crippen molar-refractivity contribution in [2.75, 3.05) is 4.90 Å². The number of nitrogens with zero attached hydrogens (tertiary/aromatic N) is 2. The molecule has 29 heavy (non-hydrogen) atoms. The molecule has 0 bridgehead atoms. The van der Waals surface area contributed by atoms with E-state index in [1.165, 1.54) is 35.6 Å². The average Bonchev–Trinajstić information content (AvgIpc) is 3.35. The van der Waals surface area contributed by atoms with Gasteiger partial charge in [-0.1, -0.05) is 25.3 Å². The summed E-state index contributed by atoms with van der Waals surface area (Å²) in [6.45, 7) is 0.327. The first-order chi connectivity index (χ1) is 14.0. The Bertz CT molecular complexity index is 891. The summed E-state index contributed by atoms with van der Waals surface area (Å²) in [7, 11) is 0. The quantitative estimate of drug-likeness (QED) is 0.692. The first-order valence-corrected chi connectivity index (χ1v) is 10.9. The van der Waals surface area contributed by atoms with Crippen LogP contribution in [-0.4, -0.2) is 28.7 Å². The second kappa shape index (κ2) is 8.45. The van der Waals surface area contributed by atoms with Gasteiger partial charge in [-0.05, 0) is 48.6 Å². The molecule has 1 saturated heterocycles. The summed E-state index contributed by atoms with van der Waals surface area (Å²) in [5.74, 6) is -1.34. The fraction of sp³-hybridized carbons (Fsp3) is 0.409. The molecular weight excluding hydrogens is 391 g/mol. The molecule has 2 heterocycles. The van der Waals surface area contributed by atoms with E-state index in [2.05, 4.69) is 0 Å². The second-order valence-electron chi connectivity index (χ2n) is 7.64. The van der Waals surface area contributed by atoms with Crippen molar-refractivity contribution in [1.29, 1.82) is 0 Å². The van der Waals surface area contributed by atoms with E-state index in [0.717, 1.165) is 41.9 Å². The minimum Gasteiger partial charge on any atom is -0.325 e. The molecule has 2 aromatic rings. The largest absolute Gasteiger partial charge is 0.325 e. The summed E-state index contributed by atoms with van der Waals surface area (Å²) in [6.07, 6.45) is 4.78. The molecule has 7 heteroatoms. The van der Waals surface area contributed by atoms with E-state index in [9.17, 15) is 18.8 Å². The van der Waals surface area contributed by atoms with Gasteiger partial charge in [0, 0.05) is 10.8 Å². The Morgan fingerprint density at radius 1 is 1.10 bits per heavy atom. The Kier molecular flexibility index (Phi) is 5.76. The van der Waals surface area contributed by atoms with Crippen LogP contribution in [0.2, 0.25) is 0 Å². The van der Waals surface area contributed by atoms with Gasteiger partial charge in [-0.15, -0.1) is 11.3 Å². The minimum absolute atomic E-state index is 0.0368. The summed E-state index contributed by atoms with van der Waals surface area (Å²) in [6, 6.07) is 8.31. The Hall–Kier alpha value is -2.54. The highest BCUT2D eigenvalue weighted by Crippen LogP contribution is 2.31. The fourth-order valence-corrected chi connectivity index (χ4v) is 4.92. The second-order valence-corrected chi connectivity index (χ2v) is 8.68. The minimum atomic E-state index is -0.816. The summed E-state index contributed by atoms with van der Waals surface area (Å²) in [4.78, 5) is 42.9. The van der Waals surface area contributed by atoms with Gasteiger partial charge in [0.05, 0.1) is 18.7 Å². The lowest BCUT2D eigenvalue weighted by atomic mass is 9.88. The first kappa shape index (κ1) is 19.8. The molecule has 1 aliphatic carbocycles. The Labute approximate surface area is 173 Å². The molecule has 1 saturated carbocycles. The number of carbonyl (C=O) groups is 3. The van der Waals surface area contributed by atoms with Gasteiger partial charge in [0.1, 0.15) is 11.9 Å². The maximum absolute atomic E-state index is 13.4. The van der Waals surface area contributed by atoms with Gasteiger partial charge in [0.15, 0.2) is 0 Å². The van der Waals surface area contributed by atoms with Crippen molar-refractivity contribution in [3.8, 4) is 0 Å². The van der Waals surface area contributed by atoms with E-state index < -0.39 is 17.8 Å². The average molecular weight is 415 g/mol. The third kappa shape index (κ3) is 4.10. The van der Waals surface area contributed by atoms with Gasteiger partial charge < -0.3 is 4.90 Å². The molecule has 1 atom stereocenters. The summed E-state index contributed by atoms with van der Waals surface area (Å²) < 4.78 is 13.3. The van der Waals surface area contributed by atoms with Crippen molar-refractivity contribution >= 4 is 34.7 Å². The van der Waals surface area contributed by atoms with Gasteiger partial charge in [-0.3, -0.25) is 14.4 Å². The predicted octanol–water partition coefficient (Wildman–Crippen LogP) is 4.13. The zero-order valence-electron chi connectivity index (χ0n) is 16.1. The van der Waals surface area contributed by atoms with Crippen LogP contribution in [0.3, 0.4) is 0 Å². The van der Waals surface area contributed by atoms with Crippen molar-refractivity contribution in [2.45, 2.75) is 51.1 Å². The molecule has 1 unspecified atom stereocenters. The number of rotatable bonds is 5. The number of thiophene rings is 1. The van der Waals surface area contributed by atoms with Crippen LogP contribution in [0.5, 0.6) is 0 Å². The highest BCUT2D eigenvalue weighted by atomic mass is 32.1. The van der Waals surface area contributed by atoms with Crippen LogP contribution in [0.25, 0.3) is 0 Å². The monoisotopic (exact) mass is 414 g/mol. The van der Waals surface area contributed by atoms with Crippen molar-refractivity contribution in [3.05, 3.63) is 52.5 Å². The number of anilines is 1. The van der Waals surface area contributed by atoms with Gasteiger partial charge in [-0.2, -0.15) is 0 Å². The van der Waals surface area contributed by atoms with Crippen LogP contribution < -0.4 is 4.90 Å². The maximum atomic E-state index is 13.4. The number of hydrogen-bond acceptors (Lipinski definition) is 4. The normalized spacial score (nSPS) is 20.3. The molecule has 1 aliphatic heterocycles. The maximum Gasteiger partial charge on any atom is 0.257 e. The summed E-state index contributed by atoms with van der Waals surface area (Å²) in [5, 5.41) is 1.94. The summed E-state index contributed by atoms with van der Waals surface area (Å²) in [5.41, 5.74) is 0.338. The number of imide groups is 1. The Morgan fingerprint density at radius 3 is 2.48 bits per heavy atom. The molecule has 0 spiro atoms. The molecule has 0 radical (unpaired) electrons. The van der Waals surface area contributed by atoms with E-state index in [0.29, 0.717) is 12.2 Å². The molecule has 1 aromatic heterocycles. The molecular formula is C22H23FN2O3S. The van der Waals surface area contributed by atoms with Gasteiger partial charge in [-0.25, -0.2) is 9.29 Å². The van der Waals surface area contributed by atoms with Crippen molar-refractivity contribution < 1.29 is 18.8 Å². The van der Waals surface area contributed by atoms with E-state index in [-0.39, 0.29) is 24.2 Å². The van der Waals surface area contributed by atoms with Crippen LogP contribution in [0.15, 0.2) is 41.8 Å².